The molecule has 2 aromatic rings. The van der Waals surface area contributed by atoms with Crippen LogP contribution in [0.1, 0.15) is 23.1 Å². The van der Waals surface area contributed by atoms with Crippen molar-refractivity contribution in [1.82, 2.24) is 10.3 Å². The second kappa shape index (κ2) is 6.83. The molecule has 0 aliphatic carbocycles. The van der Waals surface area contributed by atoms with Crippen LogP contribution in [0.5, 0.6) is 0 Å². The quantitative estimate of drug-likeness (QED) is 0.879. The van der Waals surface area contributed by atoms with Crippen LogP contribution in [0, 0.1) is 19.8 Å². The lowest BCUT2D eigenvalue weighted by atomic mass is 10.1. The number of hydrogen-bond acceptors (Lipinski definition) is 3. The molecule has 2 amide bonds. The summed E-state index contributed by atoms with van der Waals surface area (Å²) in [7, 11) is 0. The third kappa shape index (κ3) is 3.15. The molecular formula is C19H21N3O2. The van der Waals surface area contributed by atoms with E-state index in [1.54, 1.807) is 17.3 Å². The Bertz CT molecular complexity index is 758. The molecule has 1 saturated heterocycles. The molecule has 0 bridgehead atoms. The molecule has 2 heterocycles. The van der Waals surface area contributed by atoms with Crippen molar-refractivity contribution in [2.24, 2.45) is 5.92 Å². The molecule has 1 fully saturated rings. The molecule has 5 heteroatoms. The summed E-state index contributed by atoms with van der Waals surface area (Å²) < 4.78 is 0. The van der Waals surface area contributed by atoms with Gasteiger partial charge in [-0.3, -0.25) is 14.6 Å². The van der Waals surface area contributed by atoms with Crippen molar-refractivity contribution in [3.05, 3.63) is 59.4 Å². The van der Waals surface area contributed by atoms with Gasteiger partial charge in [-0.2, -0.15) is 0 Å². The van der Waals surface area contributed by atoms with E-state index in [-0.39, 0.29) is 11.8 Å². The van der Waals surface area contributed by atoms with Crippen LogP contribution in [0.3, 0.4) is 0 Å². The van der Waals surface area contributed by atoms with E-state index in [1.807, 2.05) is 44.2 Å². The molecule has 1 N–H and O–H groups in total. The molecule has 124 valence electrons. The van der Waals surface area contributed by atoms with Gasteiger partial charge in [0.25, 0.3) is 0 Å². The van der Waals surface area contributed by atoms with Crippen molar-refractivity contribution in [3.63, 3.8) is 0 Å². The number of anilines is 1. The van der Waals surface area contributed by atoms with Crippen LogP contribution in [0.2, 0.25) is 0 Å². The first-order valence-corrected chi connectivity index (χ1v) is 8.12. The Morgan fingerprint density at radius 2 is 2.12 bits per heavy atom. The van der Waals surface area contributed by atoms with E-state index in [1.165, 1.54) is 0 Å². The number of carbonyl (C=O) groups excluding carboxylic acids is 2. The van der Waals surface area contributed by atoms with Crippen molar-refractivity contribution in [2.45, 2.75) is 26.8 Å². The molecule has 1 aliphatic rings. The Morgan fingerprint density at radius 3 is 2.88 bits per heavy atom. The molecule has 24 heavy (non-hydrogen) atoms. The minimum absolute atomic E-state index is 0.118. The van der Waals surface area contributed by atoms with Gasteiger partial charge >= 0.3 is 0 Å². The van der Waals surface area contributed by atoms with E-state index in [0.29, 0.717) is 19.5 Å². The number of pyridine rings is 1. The fourth-order valence-electron chi connectivity index (χ4n) is 3.01. The zero-order valence-electron chi connectivity index (χ0n) is 14.0. The van der Waals surface area contributed by atoms with Gasteiger partial charge in [0.1, 0.15) is 5.92 Å². The van der Waals surface area contributed by atoms with Crippen molar-refractivity contribution in [1.29, 1.82) is 0 Å². The number of benzene rings is 1. The molecule has 1 aliphatic heterocycles. The number of hydrogen-bond donors (Lipinski definition) is 1. The van der Waals surface area contributed by atoms with Crippen molar-refractivity contribution < 1.29 is 9.59 Å². The number of nitrogens with one attached hydrogen (secondary N) is 1. The predicted molar refractivity (Wildman–Crippen MR) is 92.5 cm³/mol. The maximum atomic E-state index is 12.7. The van der Waals surface area contributed by atoms with Gasteiger partial charge in [-0.1, -0.05) is 18.2 Å². The van der Waals surface area contributed by atoms with Gasteiger partial charge in [-0.25, -0.2) is 0 Å². The first-order valence-electron chi connectivity index (χ1n) is 8.12. The molecule has 1 aromatic carbocycles. The number of carbonyl (C=O) groups is 2. The molecule has 0 spiro atoms. The van der Waals surface area contributed by atoms with Crippen LogP contribution in [0.4, 0.5) is 5.69 Å². The second-order valence-corrected chi connectivity index (χ2v) is 6.13. The third-order valence-corrected chi connectivity index (χ3v) is 4.58. The van der Waals surface area contributed by atoms with Gasteiger partial charge in [0.05, 0.1) is 0 Å². The highest BCUT2D eigenvalue weighted by Crippen LogP contribution is 2.29. The van der Waals surface area contributed by atoms with Gasteiger partial charge in [0.15, 0.2) is 0 Å². The second-order valence-electron chi connectivity index (χ2n) is 6.13. The van der Waals surface area contributed by atoms with Gasteiger partial charge in [-0.05, 0) is 49.1 Å². The summed E-state index contributed by atoms with van der Waals surface area (Å²) in [4.78, 5) is 30.8. The van der Waals surface area contributed by atoms with Crippen molar-refractivity contribution >= 4 is 17.5 Å². The van der Waals surface area contributed by atoms with Crippen LogP contribution in [-0.4, -0.2) is 23.3 Å². The maximum absolute atomic E-state index is 12.7. The lowest BCUT2D eigenvalue weighted by Gasteiger charge is -2.20. The average molecular weight is 323 g/mol. The fraction of sp³-hybridized carbons (Fsp3) is 0.316. The summed E-state index contributed by atoms with van der Waals surface area (Å²) in [5.74, 6) is -0.939. The molecule has 3 rings (SSSR count). The summed E-state index contributed by atoms with van der Waals surface area (Å²) in [6, 6.07) is 9.63. The van der Waals surface area contributed by atoms with E-state index in [9.17, 15) is 9.59 Å². The first kappa shape index (κ1) is 16.2. The number of rotatable bonds is 4. The van der Waals surface area contributed by atoms with Crippen LogP contribution in [0.25, 0.3) is 0 Å². The molecule has 0 saturated carbocycles. The van der Waals surface area contributed by atoms with E-state index < -0.39 is 5.92 Å². The Kier molecular flexibility index (Phi) is 4.60. The summed E-state index contributed by atoms with van der Waals surface area (Å²) in [6.07, 6.45) is 3.94. The maximum Gasteiger partial charge on any atom is 0.239 e. The first-order chi connectivity index (χ1) is 11.6. The largest absolute Gasteiger partial charge is 0.351 e. The topological polar surface area (TPSA) is 62.3 Å². The van der Waals surface area contributed by atoms with E-state index in [2.05, 4.69) is 10.3 Å². The Morgan fingerprint density at radius 1 is 1.29 bits per heavy atom. The molecule has 0 unspecified atom stereocenters. The summed E-state index contributed by atoms with van der Waals surface area (Å²) in [5.41, 5.74) is 4.05. The molecule has 1 atom stereocenters. The Labute approximate surface area is 141 Å². The molecular weight excluding hydrogens is 302 g/mol. The highest BCUT2D eigenvalue weighted by Gasteiger charge is 2.37. The summed E-state index contributed by atoms with van der Waals surface area (Å²) in [6.45, 7) is 5.00. The zero-order valence-corrected chi connectivity index (χ0v) is 14.0. The van der Waals surface area contributed by atoms with Crippen molar-refractivity contribution in [3.8, 4) is 0 Å². The van der Waals surface area contributed by atoms with E-state index >= 15 is 0 Å². The lowest BCUT2D eigenvalue weighted by Crippen LogP contribution is -2.36. The van der Waals surface area contributed by atoms with Crippen LogP contribution >= 0.6 is 0 Å². The number of aryl methyl sites for hydroxylation is 1. The molecule has 1 aromatic heterocycles. The van der Waals surface area contributed by atoms with Gasteiger partial charge in [0.2, 0.25) is 11.8 Å². The van der Waals surface area contributed by atoms with E-state index in [4.69, 9.17) is 0 Å². The minimum Gasteiger partial charge on any atom is -0.351 e. The van der Waals surface area contributed by atoms with E-state index in [0.717, 1.165) is 22.4 Å². The standard InChI is InChI=1S/C19H21N3O2/c1-13-5-3-7-17(14(13)2)22-10-8-16(19(22)24)18(23)21-12-15-6-4-9-20-11-15/h3-7,9,11,16H,8,10,12H2,1-2H3,(H,21,23)/t16-/m1/s1. The SMILES string of the molecule is Cc1cccc(N2CC[C@H](C(=O)NCc3cccnc3)C2=O)c1C. The minimum atomic E-state index is -0.610. The molecule has 5 nitrogen and oxygen atoms in total. The summed E-state index contributed by atoms with van der Waals surface area (Å²) in [5, 5.41) is 2.84. The van der Waals surface area contributed by atoms with Gasteiger partial charge in [0, 0.05) is 31.2 Å². The Balaban J connectivity index is 1.67. The predicted octanol–water partition coefficient (Wildman–Crippen LogP) is 2.37. The van der Waals surface area contributed by atoms with Crippen LogP contribution in [0.15, 0.2) is 42.7 Å². The zero-order chi connectivity index (χ0) is 17.1. The highest BCUT2D eigenvalue weighted by molar-refractivity contribution is 6.09. The third-order valence-electron chi connectivity index (χ3n) is 4.58. The fourth-order valence-corrected chi connectivity index (χ4v) is 3.01. The number of aromatic nitrogens is 1. The highest BCUT2D eigenvalue weighted by atomic mass is 16.2. The smallest absolute Gasteiger partial charge is 0.239 e. The number of nitrogens with zero attached hydrogens (tertiary/aromatic N) is 2. The number of amides is 2. The average Bonchev–Trinajstić information content (AvgIpc) is 2.98. The van der Waals surface area contributed by atoms with Crippen molar-refractivity contribution in [2.75, 3.05) is 11.4 Å². The summed E-state index contributed by atoms with van der Waals surface area (Å²) >= 11 is 0. The molecule has 0 radical (unpaired) electrons. The van der Waals surface area contributed by atoms with Crippen LogP contribution < -0.4 is 10.2 Å². The Hall–Kier alpha value is -2.69. The van der Waals surface area contributed by atoms with Gasteiger partial charge in [-0.15, -0.1) is 0 Å². The van der Waals surface area contributed by atoms with Crippen LogP contribution in [-0.2, 0) is 16.1 Å². The van der Waals surface area contributed by atoms with Gasteiger partial charge < -0.3 is 10.2 Å². The lowest BCUT2D eigenvalue weighted by molar-refractivity contribution is -0.132. The normalized spacial score (nSPS) is 17.2. The monoisotopic (exact) mass is 323 g/mol.